The van der Waals surface area contributed by atoms with Crippen LogP contribution in [0.4, 0.5) is 5.69 Å². The summed E-state index contributed by atoms with van der Waals surface area (Å²) in [4.78, 5) is 12.3. The molecule has 1 heterocycles. The van der Waals surface area contributed by atoms with Gasteiger partial charge in [-0.05, 0) is 35.7 Å². The molecular formula is C19H21NO4. The quantitative estimate of drug-likeness (QED) is 0.911. The molecule has 1 atom stereocenters. The number of methoxy groups -OCH3 is 1. The van der Waals surface area contributed by atoms with Gasteiger partial charge >= 0.3 is 0 Å². The molecule has 2 aromatic carbocycles. The predicted octanol–water partition coefficient (Wildman–Crippen LogP) is 3.60. The summed E-state index contributed by atoms with van der Waals surface area (Å²) in [5.41, 5.74) is 1.73. The van der Waals surface area contributed by atoms with Crippen molar-refractivity contribution in [3.05, 3.63) is 48.0 Å². The molecule has 1 N–H and O–H groups in total. The maximum Gasteiger partial charge on any atom is 0.225 e. The molecule has 0 radical (unpaired) electrons. The van der Waals surface area contributed by atoms with Gasteiger partial charge in [0.15, 0.2) is 11.5 Å². The van der Waals surface area contributed by atoms with Crippen molar-refractivity contribution in [1.82, 2.24) is 0 Å². The van der Waals surface area contributed by atoms with Crippen LogP contribution in [0.15, 0.2) is 42.5 Å². The van der Waals surface area contributed by atoms with E-state index >= 15 is 0 Å². The number of nitrogens with one attached hydrogen (secondary N) is 1. The minimum atomic E-state index is -0.0538. The lowest BCUT2D eigenvalue weighted by atomic mass is 9.97. The SMILES string of the molecule is COc1ccccc1NC(=O)CC(C)c1ccc2c(c1)OCCO2. The van der Waals surface area contributed by atoms with Crippen molar-refractivity contribution in [3.63, 3.8) is 0 Å². The summed E-state index contributed by atoms with van der Waals surface area (Å²) in [6, 6.07) is 13.2. The zero-order valence-corrected chi connectivity index (χ0v) is 13.9. The highest BCUT2D eigenvalue weighted by Gasteiger charge is 2.17. The number of benzene rings is 2. The molecule has 0 bridgehead atoms. The molecule has 1 aliphatic rings. The average molecular weight is 327 g/mol. The number of carbonyl (C=O) groups excluding carboxylic acids is 1. The first-order valence-corrected chi connectivity index (χ1v) is 8.00. The number of ether oxygens (including phenoxy) is 3. The van der Waals surface area contributed by atoms with E-state index in [1.807, 2.05) is 49.4 Å². The Kier molecular flexibility index (Phi) is 4.89. The van der Waals surface area contributed by atoms with E-state index in [9.17, 15) is 4.79 Å². The molecular weight excluding hydrogens is 306 g/mol. The second kappa shape index (κ2) is 7.25. The molecule has 0 saturated heterocycles. The summed E-state index contributed by atoms with van der Waals surface area (Å²) in [6.07, 6.45) is 0.373. The second-order valence-corrected chi connectivity index (χ2v) is 5.76. The van der Waals surface area contributed by atoms with Gasteiger partial charge in [-0.15, -0.1) is 0 Å². The maximum atomic E-state index is 12.3. The molecule has 3 rings (SSSR count). The van der Waals surface area contributed by atoms with Crippen molar-refractivity contribution in [1.29, 1.82) is 0 Å². The van der Waals surface area contributed by atoms with Crippen LogP contribution in [0.2, 0.25) is 0 Å². The summed E-state index contributed by atoms with van der Waals surface area (Å²) in [5, 5.41) is 2.90. The van der Waals surface area contributed by atoms with E-state index in [4.69, 9.17) is 14.2 Å². The Labute approximate surface area is 141 Å². The van der Waals surface area contributed by atoms with Crippen LogP contribution in [-0.4, -0.2) is 26.2 Å². The first-order chi connectivity index (χ1) is 11.7. The standard InChI is InChI=1S/C19H21NO4/c1-13(14-7-8-17-18(12-14)24-10-9-23-17)11-19(21)20-15-5-3-4-6-16(15)22-2/h3-8,12-13H,9-11H2,1-2H3,(H,20,21). The predicted molar refractivity (Wildman–Crippen MR) is 92.1 cm³/mol. The van der Waals surface area contributed by atoms with Gasteiger partial charge < -0.3 is 19.5 Å². The third kappa shape index (κ3) is 3.62. The van der Waals surface area contributed by atoms with Gasteiger partial charge in [-0.1, -0.05) is 25.1 Å². The topological polar surface area (TPSA) is 56.8 Å². The Bertz CT molecular complexity index is 729. The maximum absolute atomic E-state index is 12.3. The number of fused-ring (bicyclic) bond motifs is 1. The van der Waals surface area contributed by atoms with E-state index < -0.39 is 0 Å². The van der Waals surface area contributed by atoms with Crippen molar-refractivity contribution in [2.45, 2.75) is 19.3 Å². The summed E-state index contributed by atoms with van der Waals surface area (Å²) in [5.74, 6) is 2.17. The van der Waals surface area contributed by atoms with E-state index in [1.54, 1.807) is 7.11 Å². The van der Waals surface area contributed by atoms with E-state index in [0.29, 0.717) is 31.1 Å². The Balaban J connectivity index is 1.66. The zero-order chi connectivity index (χ0) is 16.9. The van der Waals surface area contributed by atoms with Crippen LogP contribution in [0.1, 0.15) is 24.8 Å². The van der Waals surface area contributed by atoms with Gasteiger partial charge in [0.05, 0.1) is 12.8 Å². The third-order valence-corrected chi connectivity index (χ3v) is 4.01. The number of rotatable bonds is 5. The largest absolute Gasteiger partial charge is 0.495 e. The lowest BCUT2D eigenvalue weighted by Gasteiger charge is -2.20. The highest BCUT2D eigenvalue weighted by atomic mass is 16.6. The molecule has 24 heavy (non-hydrogen) atoms. The Morgan fingerprint density at radius 3 is 2.71 bits per heavy atom. The van der Waals surface area contributed by atoms with Crippen LogP contribution in [0.3, 0.4) is 0 Å². The first kappa shape index (κ1) is 16.2. The van der Waals surface area contributed by atoms with E-state index in [2.05, 4.69) is 5.32 Å². The van der Waals surface area contributed by atoms with Gasteiger partial charge in [0.1, 0.15) is 19.0 Å². The molecule has 5 nitrogen and oxygen atoms in total. The lowest BCUT2D eigenvalue weighted by molar-refractivity contribution is -0.116. The van der Waals surface area contributed by atoms with Gasteiger partial charge in [-0.3, -0.25) is 4.79 Å². The number of hydrogen-bond donors (Lipinski definition) is 1. The Morgan fingerprint density at radius 2 is 1.92 bits per heavy atom. The van der Waals surface area contributed by atoms with Crippen LogP contribution in [0.25, 0.3) is 0 Å². The molecule has 0 saturated carbocycles. The van der Waals surface area contributed by atoms with Gasteiger partial charge in [0.2, 0.25) is 5.91 Å². The highest BCUT2D eigenvalue weighted by molar-refractivity contribution is 5.92. The van der Waals surface area contributed by atoms with E-state index in [1.165, 1.54) is 0 Å². The van der Waals surface area contributed by atoms with Crippen molar-refractivity contribution < 1.29 is 19.0 Å². The normalized spacial score (nSPS) is 13.9. The van der Waals surface area contributed by atoms with Crippen molar-refractivity contribution in [2.75, 3.05) is 25.6 Å². The van der Waals surface area contributed by atoms with Crippen molar-refractivity contribution in [3.8, 4) is 17.2 Å². The first-order valence-electron chi connectivity index (χ1n) is 8.00. The Hall–Kier alpha value is -2.69. The van der Waals surface area contributed by atoms with Gasteiger partial charge in [0.25, 0.3) is 0 Å². The van der Waals surface area contributed by atoms with Gasteiger partial charge in [-0.2, -0.15) is 0 Å². The molecule has 0 spiro atoms. The minimum absolute atomic E-state index is 0.0538. The smallest absolute Gasteiger partial charge is 0.225 e. The van der Waals surface area contributed by atoms with Gasteiger partial charge in [0, 0.05) is 6.42 Å². The molecule has 5 heteroatoms. The number of amides is 1. The zero-order valence-electron chi connectivity index (χ0n) is 13.9. The van der Waals surface area contributed by atoms with E-state index in [-0.39, 0.29) is 11.8 Å². The fourth-order valence-electron chi connectivity index (χ4n) is 2.71. The molecule has 0 aliphatic carbocycles. The summed E-state index contributed by atoms with van der Waals surface area (Å²) >= 11 is 0. The van der Waals surface area contributed by atoms with Crippen molar-refractivity contribution in [2.24, 2.45) is 0 Å². The number of para-hydroxylation sites is 2. The molecule has 1 aliphatic heterocycles. The summed E-state index contributed by atoms with van der Waals surface area (Å²) < 4.78 is 16.4. The van der Waals surface area contributed by atoms with Gasteiger partial charge in [-0.25, -0.2) is 0 Å². The van der Waals surface area contributed by atoms with Crippen LogP contribution < -0.4 is 19.5 Å². The van der Waals surface area contributed by atoms with Crippen LogP contribution in [0.5, 0.6) is 17.2 Å². The minimum Gasteiger partial charge on any atom is -0.495 e. The summed E-state index contributed by atoms with van der Waals surface area (Å²) in [6.45, 7) is 3.15. The molecule has 2 aromatic rings. The number of carbonyl (C=O) groups is 1. The molecule has 1 amide bonds. The molecule has 1 unspecified atom stereocenters. The fraction of sp³-hybridized carbons (Fsp3) is 0.316. The van der Waals surface area contributed by atoms with Crippen LogP contribution in [-0.2, 0) is 4.79 Å². The number of anilines is 1. The second-order valence-electron chi connectivity index (χ2n) is 5.76. The molecule has 0 aromatic heterocycles. The Morgan fingerprint density at radius 1 is 1.17 bits per heavy atom. The average Bonchev–Trinajstić information content (AvgIpc) is 2.61. The lowest BCUT2D eigenvalue weighted by Crippen LogP contribution is -2.17. The number of hydrogen-bond acceptors (Lipinski definition) is 4. The summed E-state index contributed by atoms with van der Waals surface area (Å²) in [7, 11) is 1.59. The fourth-order valence-corrected chi connectivity index (χ4v) is 2.71. The molecule has 0 fully saturated rings. The van der Waals surface area contributed by atoms with Crippen LogP contribution >= 0.6 is 0 Å². The highest BCUT2D eigenvalue weighted by Crippen LogP contribution is 2.34. The van der Waals surface area contributed by atoms with Crippen molar-refractivity contribution >= 4 is 11.6 Å². The molecule has 126 valence electrons. The third-order valence-electron chi connectivity index (χ3n) is 4.01. The van der Waals surface area contributed by atoms with E-state index in [0.717, 1.165) is 17.1 Å². The monoisotopic (exact) mass is 327 g/mol. The van der Waals surface area contributed by atoms with Crippen LogP contribution in [0, 0.1) is 0 Å².